The molecule has 2 aromatic rings. The highest BCUT2D eigenvalue weighted by Crippen LogP contribution is 2.23. The predicted octanol–water partition coefficient (Wildman–Crippen LogP) is 2.57. The van der Waals surface area contributed by atoms with Crippen LogP contribution < -0.4 is 5.32 Å². The average molecular weight is 307 g/mol. The summed E-state index contributed by atoms with van der Waals surface area (Å²) < 4.78 is 26.6. The Labute approximate surface area is 125 Å². The Morgan fingerprint density at radius 3 is 2.76 bits per heavy atom. The van der Waals surface area contributed by atoms with Gasteiger partial charge in [-0.25, -0.2) is 13.4 Å². The fourth-order valence-corrected chi connectivity index (χ4v) is 3.76. The summed E-state index contributed by atoms with van der Waals surface area (Å²) in [6.45, 7) is 4.61. The maximum atomic E-state index is 12.3. The summed E-state index contributed by atoms with van der Waals surface area (Å²) in [7, 11) is -3.23. The zero-order valence-corrected chi connectivity index (χ0v) is 13.2. The van der Waals surface area contributed by atoms with Gasteiger partial charge in [0.2, 0.25) is 0 Å². The summed E-state index contributed by atoms with van der Waals surface area (Å²) in [6, 6.07) is 7.17. The zero-order valence-electron chi connectivity index (χ0n) is 12.4. The minimum absolute atomic E-state index is 0.0946. The van der Waals surface area contributed by atoms with Gasteiger partial charge in [-0.3, -0.25) is 0 Å². The molecule has 0 fully saturated rings. The molecule has 5 nitrogen and oxygen atoms in total. The Kier molecular flexibility index (Phi) is 5.01. The van der Waals surface area contributed by atoms with Gasteiger partial charge in [-0.05, 0) is 25.5 Å². The van der Waals surface area contributed by atoms with Gasteiger partial charge < -0.3 is 9.88 Å². The van der Waals surface area contributed by atoms with E-state index in [2.05, 4.69) is 10.3 Å². The van der Waals surface area contributed by atoms with E-state index in [4.69, 9.17) is 0 Å². The van der Waals surface area contributed by atoms with Crippen molar-refractivity contribution in [1.82, 2.24) is 9.55 Å². The second kappa shape index (κ2) is 6.76. The summed E-state index contributed by atoms with van der Waals surface area (Å²) in [5.74, 6) is 0.168. The second-order valence-corrected chi connectivity index (χ2v) is 7.20. The SMILES string of the molecule is CCCS(=O)(=O)c1ccccc1NC(C)Cn1ccnc1. The number of nitrogens with zero attached hydrogens (tertiary/aromatic N) is 2. The van der Waals surface area contributed by atoms with Crippen molar-refractivity contribution < 1.29 is 8.42 Å². The molecule has 0 radical (unpaired) electrons. The number of nitrogens with one attached hydrogen (secondary N) is 1. The van der Waals surface area contributed by atoms with Crippen molar-refractivity contribution in [2.24, 2.45) is 0 Å². The second-order valence-electron chi connectivity index (χ2n) is 5.12. The minimum atomic E-state index is -3.23. The first kappa shape index (κ1) is 15.6. The van der Waals surface area contributed by atoms with E-state index in [0.29, 0.717) is 17.0 Å². The van der Waals surface area contributed by atoms with Crippen molar-refractivity contribution in [1.29, 1.82) is 0 Å². The number of aromatic nitrogens is 2. The molecule has 6 heteroatoms. The fraction of sp³-hybridized carbons (Fsp3) is 0.400. The van der Waals surface area contributed by atoms with E-state index in [0.717, 1.165) is 6.54 Å². The number of hydrogen-bond acceptors (Lipinski definition) is 4. The van der Waals surface area contributed by atoms with E-state index in [9.17, 15) is 8.42 Å². The summed E-state index contributed by atoms with van der Waals surface area (Å²) in [4.78, 5) is 4.38. The Morgan fingerprint density at radius 2 is 2.10 bits per heavy atom. The molecule has 0 spiro atoms. The van der Waals surface area contributed by atoms with Crippen LogP contribution in [0.5, 0.6) is 0 Å². The van der Waals surface area contributed by atoms with Gasteiger partial charge in [0.05, 0.1) is 22.7 Å². The van der Waals surface area contributed by atoms with E-state index in [1.807, 2.05) is 36.7 Å². The van der Waals surface area contributed by atoms with Gasteiger partial charge in [0.1, 0.15) is 0 Å². The number of hydrogen-bond donors (Lipinski definition) is 1. The molecular weight excluding hydrogens is 286 g/mol. The molecule has 0 aliphatic rings. The average Bonchev–Trinajstić information content (AvgIpc) is 2.91. The molecule has 0 bridgehead atoms. The number of benzene rings is 1. The lowest BCUT2D eigenvalue weighted by Crippen LogP contribution is -2.22. The molecule has 114 valence electrons. The van der Waals surface area contributed by atoms with Gasteiger partial charge in [-0.2, -0.15) is 0 Å². The van der Waals surface area contributed by atoms with Crippen molar-refractivity contribution in [3.63, 3.8) is 0 Å². The van der Waals surface area contributed by atoms with Crippen LogP contribution in [0.25, 0.3) is 0 Å². The Bertz CT molecular complexity index is 666. The molecule has 21 heavy (non-hydrogen) atoms. The quantitative estimate of drug-likeness (QED) is 0.854. The number of sulfone groups is 1. The molecule has 0 aliphatic carbocycles. The maximum Gasteiger partial charge on any atom is 0.180 e. The van der Waals surface area contributed by atoms with E-state index in [1.165, 1.54) is 0 Å². The lowest BCUT2D eigenvalue weighted by molar-refractivity contribution is 0.593. The van der Waals surface area contributed by atoms with Gasteiger partial charge in [0.25, 0.3) is 0 Å². The van der Waals surface area contributed by atoms with Crippen LogP contribution in [0.1, 0.15) is 20.3 Å². The highest BCUT2D eigenvalue weighted by atomic mass is 32.2. The van der Waals surface area contributed by atoms with Crippen LogP contribution in [0.2, 0.25) is 0 Å². The molecule has 1 N–H and O–H groups in total. The summed E-state index contributed by atoms with van der Waals surface area (Å²) in [5, 5.41) is 3.29. The number of rotatable bonds is 7. The molecule has 1 heterocycles. The maximum absolute atomic E-state index is 12.3. The van der Waals surface area contributed by atoms with Crippen molar-refractivity contribution in [3.05, 3.63) is 43.0 Å². The van der Waals surface area contributed by atoms with Crippen LogP contribution in [0, 0.1) is 0 Å². The molecule has 2 rings (SSSR count). The Morgan fingerprint density at radius 1 is 1.33 bits per heavy atom. The van der Waals surface area contributed by atoms with Gasteiger partial charge in [0, 0.05) is 25.0 Å². The third-order valence-electron chi connectivity index (χ3n) is 3.14. The highest BCUT2D eigenvalue weighted by Gasteiger charge is 2.18. The largest absolute Gasteiger partial charge is 0.380 e. The molecular formula is C15H21N3O2S. The lowest BCUT2D eigenvalue weighted by atomic mass is 10.2. The first-order valence-electron chi connectivity index (χ1n) is 7.07. The van der Waals surface area contributed by atoms with Crippen molar-refractivity contribution >= 4 is 15.5 Å². The number of para-hydroxylation sites is 1. The van der Waals surface area contributed by atoms with Gasteiger partial charge in [0.15, 0.2) is 9.84 Å². The summed E-state index contributed by atoms with van der Waals surface area (Å²) in [5.41, 5.74) is 0.665. The van der Waals surface area contributed by atoms with Gasteiger partial charge in [-0.15, -0.1) is 0 Å². The predicted molar refractivity (Wildman–Crippen MR) is 84.1 cm³/mol. The molecule has 1 unspecified atom stereocenters. The van der Waals surface area contributed by atoms with Crippen LogP contribution in [0.3, 0.4) is 0 Å². The van der Waals surface area contributed by atoms with E-state index >= 15 is 0 Å². The van der Waals surface area contributed by atoms with Crippen molar-refractivity contribution in [2.45, 2.75) is 37.8 Å². The van der Waals surface area contributed by atoms with Crippen molar-refractivity contribution in [2.75, 3.05) is 11.1 Å². The van der Waals surface area contributed by atoms with Crippen LogP contribution >= 0.6 is 0 Å². The molecule has 0 amide bonds. The summed E-state index contributed by atoms with van der Waals surface area (Å²) in [6.07, 6.45) is 5.98. The monoisotopic (exact) mass is 307 g/mol. The highest BCUT2D eigenvalue weighted by molar-refractivity contribution is 7.91. The van der Waals surface area contributed by atoms with E-state index < -0.39 is 9.84 Å². The molecule has 0 saturated carbocycles. The molecule has 1 atom stereocenters. The Hall–Kier alpha value is -1.82. The molecule has 1 aromatic heterocycles. The van der Waals surface area contributed by atoms with Crippen molar-refractivity contribution in [3.8, 4) is 0 Å². The third kappa shape index (κ3) is 4.07. The van der Waals surface area contributed by atoms with Crippen LogP contribution in [-0.4, -0.2) is 29.8 Å². The fourth-order valence-electron chi connectivity index (χ4n) is 2.26. The van der Waals surface area contributed by atoms with E-state index in [-0.39, 0.29) is 11.8 Å². The third-order valence-corrected chi connectivity index (χ3v) is 5.11. The van der Waals surface area contributed by atoms with Crippen LogP contribution in [0.4, 0.5) is 5.69 Å². The molecule has 0 saturated heterocycles. The molecule has 0 aliphatic heterocycles. The minimum Gasteiger partial charge on any atom is -0.380 e. The number of imidazole rings is 1. The number of anilines is 1. The van der Waals surface area contributed by atoms with E-state index in [1.54, 1.807) is 24.7 Å². The Balaban J connectivity index is 2.17. The van der Waals surface area contributed by atoms with Gasteiger partial charge in [-0.1, -0.05) is 19.1 Å². The first-order valence-corrected chi connectivity index (χ1v) is 8.72. The van der Waals surface area contributed by atoms with Crippen LogP contribution in [-0.2, 0) is 16.4 Å². The smallest absolute Gasteiger partial charge is 0.180 e. The standard InChI is InChI=1S/C15H21N3O2S/c1-3-10-21(19,20)15-7-5-4-6-14(15)17-13(2)11-18-9-8-16-12-18/h4-9,12-13,17H,3,10-11H2,1-2H3. The first-order chi connectivity index (χ1) is 10.0. The normalized spacial score (nSPS) is 13.0. The van der Waals surface area contributed by atoms with Gasteiger partial charge >= 0.3 is 0 Å². The molecule has 1 aromatic carbocycles. The zero-order chi connectivity index (χ0) is 15.3. The topological polar surface area (TPSA) is 64.0 Å². The lowest BCUT2D eigenvalue weighted by Gasteiger charge is -2.18. The summed E-state index contributed by atoms with van der Waals surface area (Å²) >= 11 is 0. The van der Waals surface area contributed by atoms with Crippen LogP contribution in [0.15, 0.2) is 47.9 Å².